The summed E-state index contributed by atoms with van der Waals surface area (Å²) in [6.45, 7) is 5.64. The molecule has 1 aliphatic carbocycles. The minimum absolute atomic E-state index is 0.0606. The van der Waals surface area contributed by atoms with Crippen LogP contribution in [0.3, 0.4) is 0 Å². The fourth-order valence-corrected chi connectivity index (χ4v) is 2.92. The van der Waals surface area contributed by atoms with Gasteiger partial charge in [0.1, 0.15) is 0 Å². The first kappa shape index (κ1) is 14.6. The van der Waals surface area contributed by atoms with Crippen LogP contribution in [0.1, 0.15) is 32.4 Å². The van der Waals surface area contributed by atoms with Crippen molar-refractivity contribution in [3.05, 3.63) is 35.9 Å². The van der Waals surface area contributed by atoms with E-state index in [9.17, 15) is 14.7 Å². The van der Waals surface area contributed by atoms with E-state index < -0.39 is 23.2 Å². The summed E-state index contributed by atoms with van der Waals surface area (Å²) in [7, 11) is 1.74. The summed E-state index contributed by atoms with van der Waals surface area (Å²) in [6, 6.07) is 9.69. The highest BCUT2D eigenvalue weighted by atomic mass is 16.4. The molecule has 0 bridgehead atoms. The number of carbonyl (C=O) groups excluding carboxylic acids is 1. The highest BCUT2D eigenvalue weighted by molar-refractivity contribution is 5.91. The summed E-state index contributed by atoms with van der Waals surface area (Å²) >= 11 is 0. The van der Waals surface area contributed by atoms with E-state index in [-0.39, 0.29) is 11.9 Å². The van der Waals surface area contributed by atoms with Gasteiger partial charge in [-0.2, -0.15) is 0 Å². The van der Waals surface area contributed by atoms with Crippen molar-refractivity contribution in [3.63, 3.8) is 0 Å². The molecule has 0 heterocycles. The molecule has 0 saturated heterocycles. The van der Waals surface area contributed by atoms with Gasteiger partial charge in [0.25, 0.3) is 0 Å². The van der Waals surface area contributed by atoms with Crippen molar-refractivity contribution >= 4 is 11.9 Å². The zero-order chi connectivity index (χ0) is 15.1. The summed E-state index contributed by atoms with van der Waals surface area (Å²) in [6.07, 6.45) is 0. The van der Waals surface area contributed by atoms with Crippen LogP contribution >= 0.6 is 0 Å². The monoisotopic (exact) mass is 275 g/mol. The van der Waals surface area contributed by atoms with E-state index in [0.29, 0.717) is 0 Å². The third kappa shape index (κ3) is 2.30. The maximum atomic E-state index is 12.5. The number of hydrogen-bond acceptors (Lipinski definition) is 2. The lowest BCUT2D eigenvalue weighted by Crippen LogP contribution is -2.32. The highest BCUT2D eigenvalue weighted by Gasteiger charge is 2.66. The molecule has 1 aliphatic rings. The average molecular weight is 275 g/mol. The van der Waals surface area contributed by atoms with Crippen LogP contribution in [0.15, 0.2) is 30.3 Å². The van der Waals surface area contributed by atoms with Gasteiger partial charge in [0.2, 0.25) is 5.91 Å². The zero-order valence-corrected chi connectivity index (χ0v) is 12.3. The van der Waals surface area contributed by atoms with Gasteiger partial charge in [-0.25, -0.2) is 0 Å². The van der Waals surface area contributed by atoms with Crippen LogP contribution in [0, 0.1) is 17.3 Å². The second-order valence-corrected chi connectivity index (χ2v) is 6.15. The molecule has 1 N–H and O–H groups in total. The molecule has 1 amide bonds. The lowest BCUT2D eigenvalue weighted by molar-refractivity contribution is -0.142. The topological polar surface area (TPSA) is 57.6 Å². The van der Waals surface area contributed by atoms with Gasteiger partial charge in [-0.3, -0.25) is 9.59 Å². The Morgan fingerprint density at radius 3 is 2.20 bits per heavy atom. The number of carboxylic acids is 1. The number of carboxylic acid groups (broad SMARTS) is 1. The number of carbonyl (C=O) groups is 2. The van der Waals surface area contributed by atoms with E-state index >= 15 is 0 Å². The van der Waals surface area contributed by atoms with Gasteiger partial charge in [0.05, 0.1) is 17.9 Å². The molecule has 3 atom stereocenters. The summed E-state index contributed by atoms with van der Waals surface area (Å²) in [5.74, 6) is -1.95. The Kier molecular flexibility index (Phi) is 3.59. The number of amides is 1. The van der Waals surface area contributed by atoms with Gasteiger partial charge in [0, 0.05) is 7.05 Å². The lowest BCUT2D eigenvalue weighted by Gasteiger charge is -2.26. The molecule has 4 nitrogen and oxygen atoms in total. The van der Waals surface area contributed by atoms with Crippen LogP contribution in [0.4, 0.5) is 0 Å². The molecule has 0 aliphatic heterocycles. The third-order valence-corrected chi connectivity index (χ3v) is 4.57. The van der Waals surface area contributed by atoms with Crippen molar-refractivity contribution < 1.29 is 14.7 Å². The van der Waals surface area contributed by atoms with Crippen molar-refractivity contribution in [1.29, 1.82) is 0 Å². The van der Waals surface area contributed by atoms with Gasteiger partial charge in [-0.15, -0.1) is 0 Å². The quantitative estimate of drug-likeness (QED) is 0.918. The highest BCUT2D eigenvalue weighted by Crippen LogP contribution is 2.59. The Balaban J connectivity index is 2.13. The summed E-state index contributed by atoms with van der Waals surface area (Å²) in [4.78, 5) is 25.4. The van der Waals surface area contributed by atoms with Crippen LogP contribution in [-0.2, 0) is 9.59 Å². The molecule has 2 rings (SSSR count). The normalized spacial score (nSPS) is 24.8. The molecule has 0 spiro atoms. The summed E-state index contributed by atoms with van der Waals surface area (Å²) < 4.78 is 0. The van der Waals surface area contributed by atoms with Crippen LogP contribution in [0.2, 0.25) is 0 Å². The minimum Gasteiger partial charge on any atom is -0.481 e. The Morgan fingerprint density at radius 1 is 1.20 bits per heavy atom. The molecule has 108 valence electrons. The van der Waals surface area contributed by atoms with Crippen LogP contribution in [-0.4, -0.2) is 28.9 Å². The number of nitrogens with zero attached hydrogens (tertiary/aromatic N) is 1. The third-order valence-electron chi connectivity index (χ3n) is 4.57. The minimum atomic E-state index is -0.880. The first-order valence-corrected chi connectivity index (χ1v) is 6.83. The lowest BCUT2D eigenvalue weighted by atomic mass is 10.1. The Bertz CT molecular complexity index is 524. The largest absolute Gasteiger partial charge is 0.481 e. The predicted molar refractivity (Wildman–Crippen MR) is 76.0 cm³/mol. The van der Waals surface area contributed by atoms with Crippen LogP contribution < -0.4 is 0 Å². The zero-order valence-electron chi connectivity index (χ0n) is 12.3. The summed E-state index contributed by atoms with van der Waals surface area (Å²) in [5, 5.41) is 9.17. The molecule has 20 heavy (non-hydrogen) atoms. The van der Waals surface area contributed by atoms with Gasteiger partial charge >= 0.3 is 5.97 Å². The number of rotatable bonds is 4. The van der Waals surface area contributed by atoms with E-state index in [1.165, 1.54) is 0 Å². The molecule has 1 saturated carbocycles. The van der Waals surface area contributed by atoms with Gasteiger partial charge < -0.3 is 10.0 Å². The molecule has 4 heteroatoms. The first-order valence-electron chi connectivity index (χ1n) is 6.83. The van der Waals surface area contributed by atoms with Gasteiger partial charge in [0.15, 0.2) is 0 Å². The van der Waals surface area contributed by atoms with Crippen molar-refractivity contribution in [3.8, 4) is 0 Å². The van der Waals surface area contributed by atoms with E-state index in [0.717, 1.165) is 5.56 Å². The molecule has 1 aromatic carbocycles. The summed E-state index contributed by atoms with van der Waals surface area (Å²) in [5.41, 5.74) is 0.599. The fraction of sp³-hybridized carbons (Fsp3) is 0.500. The Hall–Kier alpha value is -1.84. The van der Waals surface area contributed by atoms with Crippen molar-refractivity contribution in [2.75, 3.05) is 7.05 Å². The maximum Gasteiger partial charge on any atom is 0.307 e. The van der Waals surface area contributed by atoms with Crippen LogP contribution in [0.5, 0.6) is 0 Å². The Labute approximate surface area is 119 Å². The molecular weight excluding hydrogens is 254 g/mol. The molecule has 0 radical (unpaired) electrons. The fourth-order valence-electron chi connectivity index (χ4n) is 2.92. The first-order chi connectivity index (χ1) is 9.28. The van der Waals surface area contributed by atoms with Crippen molar-refractivity contribution in [2.24, 2.45) is 17.3 Å². The van der Waals surface area contributed by atoms with Gasteiger partial charge in [-0.1, -0.05) is 44.2 Å². The average Bonchev–Trinajstić information content (AvgIpc) is 3.00. The van der Waals surface area contributed by atoms with Gasteiger partial charge in [-0.05, 0) is 17.9 Å². The Morgan fingerprint density at radius 2 is 1.75 bits per heavy atom. The van der Waals surface area contributed by atoms with E-state index in [2.05, 4.69) is 0 Å². The number of benzene rings is 1. The second-order valence-electron chi connectivity index (χ2n) is 6.15. The van der Waals surface area contributed by atoms with E-state index in [1.54, 1.807) is 11.9 Å². The van der Waals surface area contributed by atoms with E-state index in [1.807, 2.05) is 51.1 Å². The predicted octanol–water partition coefficient (Wildman–Crippen LogP) is 2.56. The smallest absolute Gasteiger partial charge is 0.307 e. The second kappa shape index (κ2) is 4.93. The van der Waals surface area contributed by atoms with Crippen LogP contribution in [0.25, 0.3) is 0 Å². The molecule has 3 unspecified atom stereocenters. The molecule has 1 aromatic rings. The molecular formula is C16H21NO3. The number of hydrogen-bond donors (Lipinski definition) is 1. The standard InChI is InChI=1S/C16H21NO3/c1-10(11-8-6-5-7-9-11)17(4)14(18)12-13(15(19)20)16(12,2)3/h5-10,12-13H,1-4H3,(H,19,20). The molecule has 0 aromatic heterocycles. The number of aliphatic carboxylic acids is 1. The SMILES string of the molecule is CC(c1ccccc1)N(C)C(=O)C1C(C(=O)O)C1(C)C. The van der Waals surface area contributed by atoms with Crippen molar-refractivity contribution in [2.45, 2.75) is 26.8 Å². The van der Waals surface area contributed by atoms with Crippen molar-refractivity contribution in [1.82, 2.24) is 4.90 Å². The molecule has 1 fully saturated rings. The maximum absolute atomic E-state index is 12.5. The van der Waals surface area contributed by atoms with E-state index in [4.69, 9.17) is 0 Å².